The summed E-state index contributed by atoms with van der Waals surface area (Å²) in [5.74, 6) is 0.476. The molecule has 0 aliphatic carbocycles. The standard InChI is InChI=1S/C17H11F3N2O4/c1-10-16(22(23)24)15(26-21-10)8-6-13-5-7-14(25-13)11-3-2-4-12(9-11)17(18,19)20/h2-9H,1H3/b8-6+. The van der Waals surface area contributed by atoms with Gasteiger partial charge in [-0.05, 0) is 43.3 Å². The van der Waals surface area contributed by atoms with E-state index in [9.17, 15) is 23.3 Å². The molecule has 0 spiro atoms. The van der Waals surface area contributed by atoms with Crippen LogP contribution in [0, 0.1) is 17.0 Å². The van der Waals surface area contributed by atoms with Crippen LogP contribution in [0.3, 0.4) is 0 Å². The van der Waals surface area contributed by atoms with E-state index in [0.717, 1.165) is 12.1 Å². The predicted molar refractivity (Wildman–Crippen MR) is 86.0 cm³/mol. The molecule has 0 N–H and O–H groups in total. The van der Waals surface area contributed by atoms with Crippen LogP contribution in [0.5, 0.6) is 0 Å². The average molecular weight is 364 g/mol. The second kappa shape index (κ2) is 6.51. The molecule has 1 aromatic carbocycles. The maximum Gasteiger partial charge on any atom is 0.416 e. The van der Waals surface area contributed by atoms with Crippen LogP contribution in [-0.4, -0.2) is 10.1 Å². The van der Waals surface area contributed by atoms with Crippen molar-refractivity contribution in [1.82, 2.24) is 5.16 Å². The average Bonchev–Trinajstić information content (AvgIpc) is 3.19. The van der Waals surface area contributed by atoms with Crippen LogP contribution in [0.1, 0.15) is 22.8 Å². The summed E-state index contributed by atoms with van der Waals surface area (Å²) in [4.78, 5) is 10.4. The number of aryl methyl sites for hydroxylation is 1. The molecule has 0 bridgehead atoms. The van der Waals surface area contributed by atoms with Crippen LogP contribution >= 0.6 is 0 Å². The Balaban J connectivity index is 1.86. The topological polar surface area (TPSA) is 82.3 Å². The lowest BCUT2D eigenvalue weighted by molar-refractivity contribution is -0.386. The molecular weight excluding hydrogens is 353 g/mol. The van der Waals surface area contributed by atoms with Gasteiger partial charge in [0.2, 0.25) is 5.76 Å². The molecule has 2 heterocycles. The number of hydrogen-bond acceptors (Lipinski definition) is 5. The van der Waals surface area contributed by atoms with Gasteiger partial charge < -0.3 is 8.94 Å². The quantitative estimate of drug-likeness (QED) is 0.461. The predicted octanol–water partition coefficient (Wildman–Crippen LogP) is 5.34. The number of furan rings is 1. The lowest BCUT2D eigenvalue weighted by Crippen LogP contribution is -2.04. The highest BCUT2D eigenvalue weighted by Crippen LogP contribution is 2.33. The van der Waals surface area contributed by atoms with Crippen LogP contribution in [0.25, 0.3) is 23.5 Å². The molecule has 134 valence electrons. The van der Waals surface area contributed by atoms with Crippen LogP contribution in [0.4, 0.5) is 18.9 Å². The number of aromatic nitrogens is 1. The van der Waals surface area contributed by atoms with Crippen LogP contribution in [0.15, 0.2) is 45.3 Å². The van der Waals surface area contributed by atoms with Crippen LogP contribution in [-0.2, 0) is 6.18 Å². The monoisotopic (exact) mass is 364 g/mol. The molecule has 0 saturated carbocycles. The fourth-order valence-corrected chi connectivity index (χ4v) is 2.32. The first-order chi connectivity index (χ1) is 12.3. The third-order valence-corrected chi connectivity index (χ3v) is 3.54. The summed E-state index contributed by atoms with van der Waals surface area (Å²) in [5.41, 5.74) is -0.637. The maximum absolute atomic E-state index is 12.8. The Kier molecular flexibility index (Phi) is 4.37. The molecule has 0 aliphatic heterocycles. The third-order valence-electron chi connectivity index (χ3n) is 3.54. The molecule has 0 fully saturated rings. The summed E-state index contributed by atoms with van der Waals surface area (Å²) < 4.78 is 48.7. The number of nitro groups is 1. The van der Waals surface area contributed by atoms with E-state index in [1.54, 1.807) is 0 Å². The zero-order chi connectivity index (χ0) is 18.9. The summed E-state index contributed by atoms with van der Waals surface area (Å²) >= 11 is 0. The van der Waals surface area contributed by atoms with Gasteiger partial charge in [0, 0.05) is 5.56 Å². The number of halogens is 3. The summed E-state index contributed by atoms with van der Waals surface area (Å²) in [6.45, 7) is 1.44. The van der Waals surface area contributed by atoms with Crippen molar-refractivity contribution in [3.8, 4) is 11.3 Å². The van der Waals surface area contributed by atoms with Gasteiger partial charge in [-0.15, -0.1) is 0 Å². The van der Waals surface area contributed by atoms with Crippen molar-refractivity contribution in [1.29, 1.82) is 0 Å². The zero-order valence-corrected chi connectivity index (χ0v) is 13.3. The molecule has 3 rings (SSSR count). The SMILES string of the molecule is Cc1noc(/C=C/c2ccc(-c3cccc(C(F)(F)F)c3)o2)c1[N+](=O)[O-]. The fourth-order valence-electron chi connectivity index (χ4n) is 2.32. The van der Waals surface area contributed by atoms with E-state index in [1.807, 2.05) is 0 Å². The minimum absolute atomic E-state index is 0.0514. The van der Waals surface area contributed by atoms with E-state index in [2.05, 4.69) is 5.16 Å². The Morgan fingerprint density at radius 3 is 2.65 bits per heavy atom. The van der Waals surface area contributed by atoms with Gasteiger partial charge in [-0.2, -0.15) is 13.2 Å². The third kappa shape index (κ3) is 3.51. The molecule has 26 heavy (non-hydrogen) atoms. The van der Waals surface area contributed by atoms with Gasteiger partial charge in [0.1, 0.15) is 11.5 Å². The molecule has 0 radical (unpaired) electrons. The van der Waals surface area contributed by atoms with Crippen molar-refractivity contribution in [2.24, 2.45) is 0 Å². The van der Waals surface area contributed by atoms with Gasteiger partial charge in [0.25, 0.3) is 0 Å². The van der Waals surface area contributed by atoms with E-state index in [1.165, 1.54) is 43.3 Å². The summed E-state index contributed by atoms with van der Waals surface area (Å²) in [6, 6.07) is 7.77. The lowest BCUT2D eigenvalue weighted by atomic mass is 10.1. The van der Waals surface area contributed by atoms with Gasteiger partial charge in [-0.3, -0.25) is 10.1 Å². The largest absolute Gasteiger partial charge is 0.457 e. The second-order valence-electron chi connectivity index (χ2n) is 5.35. The molecule has 3 aromatic rings. The molecule has 0 atom stereocenters. The molecule has 0 unspecified atom stereocenters. The fraction of sp³-hybridized carbons (Fsp3) is 0.118. The van der Waals surface area contributed by atoms with Crippen molar-refractivity contribution in [3.63, 3.8) is 0 Å². The van der Waals surface area contributed by atoms with Crippen molar-refractivity contribution in [2.75, 3.05) is 0 Å². The first kappa shape index (κ1) is 17.5. The van der Waals surface area contributed by atoms with Gasteiger partial charge in [0.05, 0.1) is 10.5 Å². The summed E-state index contributed by atoms with van der Waals surface area (Å²) in [6.07, 6.45) is -1.73. The highest BCUT2D eigenvalue weighted by molar-refractivity contribution is 5.71. The molecular formula is C17H11F3N2O4. The number of rotatable bonds is 4. The van der Waals surface area contributed by atoms with E-state index in [0.29, 0.717) is 5.76 Å². The van der Waals surface area contributed by atoms with E-state index in [-0.39, 0.29) is 28.5 Å². The minimum Gasteiger partial charge on any atom is -0.457 e. The molecule has 0 saturated heterocycles. The first-order valence-electron chi connectivity index (χ1n) is 7.32. The molecule has 0 aliphatic rings. The van der Waals surface area contributed by atoms with Crippen molar-refractivity contribution < 1.29 is 27.0 Å². The molecule has 0 amide bonds. The smallest absolute Gasteiger partial charge is 0.416 e. The normalized spacial score (nSPS) is 12.0. The Bertz CT molecular complexity index is 986. The second-order valence-corrected chi connectivity index (χ2v) is 5.35. The maximum atomic E-state index is 12.8. The van der Waals surface area contributed by atoms with E-state index in [4.69, 9.17) is 8.94 Å². The Hall–Kier alpha value is -3.36. The van der Waals surface area contributed by atoms with Crippen LogP contribution in [0.2, 0.25) is 0 Å². The number of nitrogens with zero attached hydrogens (tertiary/aromatic N) is 2. The Morgan fingerprint density at radius 1 is 1.19 bits per heavy atom. The first-order valence-corrected chi connectivity index (χ1v) is 7.32. The van der Waals surface area contributed by atoms with Gasteiger partial charge >= 0.3 is 11.9 Å². The van der Waals surface area contributed by atoms with Crippen molar-refractivity contribution in [3.05, 3.63) is 69.3 Å². The van der Waals surface area contributed by atoms with Gasteiger partial charge in [-0.25, -0.2) is 0 Å². The number of benzene rings is 1. The van der Waals surface area contributed by atoms with Crippen LogP contribution < -0.4 is 0 Å². The highest BCUT2D eigenvalue weighted by atomic mass is 19.4. The van der Waals surface area contributed by atoms with Gasteiger partial charge in [0.15, 0.2) is 5.69 Å². The Morgan fingerprint density at radius 2 is 1.96 bits per heavy atom. The molecule has 6 nitrogen and oxygen atoms in total. The number of alkyl halides is 3. The molecule has 9 heteroatoms. The van der Waals surface area contributed by atoms with E-state index >= 15 is 0 Å². The van der Waals surface area contributed by atoms with Gasteiger partial charge in [-0.1, -0.05) is 17.3 Å². The summed E-state index contributed by atoms with van der Waals surface area (Å²) in [7, 11) is 0. The minimum atomic E-state index is -4.45. The van der Waals surface area contributed by atoms with Crippen molar-refractivity contribution in [2.45, 2.75) is 13.1 Å². The number of hydrogen-bond donors (Lipinski definition) is 0. The Labute approximate surface area is 144 Å². The lowest BCUT2D eigenvalue weighted by Gasteiger charge is -2.07. The molecule has 2 aromatic heterocycles. The van der Waals surface area contributed by atoms with E-state index < -0.39 is 16.7 Å². The highest BCUT2D eigenvalue weighted by Gasteiger charge is 2.30. The zero-order valence-electron chi connectivity index (χ0n) is 13.3. The van der Waals surface area contributed by atoms with Crippen molar-refractivity contribution >= 4 is 17.8 Å². The summed E-state index contributed by atoms with van der Waals surface area (Å²) in [5, 5.41) is 14.5.